The van der Waals surface area contributed by atoms with Crippen LogP contribution in [0.3, 0.4) is 0 Å². The number of hydrogen-bond donors (Lipinski definition) is 4. The predicted octanol–water partition coefficient (Wildman–Crippen LogP) is 7.89. The molecule has 16 heteroatoms. The summed E-state index contributed by atoms with van der Waals surface area (Å²) in [5.74, 6) is -0.0938. The molecular formula is C36H44N8O6S2. The van der Waals surface area contributed by atoms with Crippen LogP contribution < -0.4 is 21.3 Å². The summed E-state index contributed by atoms with van der Waals surface area (Å²) in [5.41, 5.74) is 1.51. The fraction of sp³-hybridized carbons (Fsp3) is 0.444. The molecule has 4 N–H and O–H groups in total. The molecule has 2 aromatic heterocycles. The highest BCUT2D eigenvalue weighted by Gasteiger charge is 2.29. The van der Waals surface area contributed by atoms with Gasteiger partial charge in [-0.05, 0) is 96.2 Å². The van der Waals surface area contributed by atoms with Gasteiger partial charge in [-0.2, -0.15) is 0 Å². The number of carbonyl (C=O) groups excluding carboxylic acids is 4. The van der Waals surface area contributed by atoms with Crippen LogP contribution in [0.2, 0.25) is 0 Å². The molecule has 14 nitrogen and oxygen atoms in total. The van der Waals surface area contributed by atoms with E-state index in [1.165, 1.54) is 22.7 Å². The van der Waals surface area contributed by atoms with Gasteiger partial charge in [0, 0.05) is 23.2 Å². The first-order valence-electron chi connectivity index (χ1n) is 17.0. The monoisotopic (exact) mass is 748 g/mol. The molecule has 0 saturated heterocycles. The van der Waals surface area contributed by atoms with Crippen LogP contribution in [0.4, 0.5) is 31.2 Å². The third-order valence-corrected chi connectivity index (χ3v) is 9.68. The van der Waals surface area contributed by atoms with Crippen molar-refractivity contribution in [3.05, 3.63) is 69.7 Å². The Morgan fingerprint density at radius 2 is 1.00 bits per heavy atom. The fourth-order valence-corrected chi connectivity index (χ4v) is 7.31. The minimum Gasteiger partial charge on any atom is -0.444 e. The smallest absolute Gasteiger partial charge is 0.412 e. The molecule has 0 bridgehead atoms. The Bertz CT molecular complexity index is 1730. The Labute approximate surface area is 310 Å². The first-order chi connectivity index (χ1) is 24.6. The Hall–Kier alpha value is -4.96. The highest BCUT2D eigenvalue weighted by Crippen LogP contribution is 2.43. The molecule has 0 spiro atoms. The van der Waals surface area contributed by atoms with Crippen LogP contribution >= 0.6 is 22.7 Å². The molecule has 2 aromatic carbocycles. The molecule has 0 aliphatic heterocycles. The van der Waals surface area contributed by atoms with Crippen molar-refractivity contribution in [2.75, 3.05) is 21.3 Å². The molecule has 1 fully saturated rings. The Morgan fingerprint density at radius 3 is 1.37 bits per heavy atom. The van der Waals surface area contributed by atoms with Crippen molar-refractivity contribution in [2.45, 2.75) is 103 Å². The van der Waals surface area contributed by atoms with Crippen LogP contribution in [0.25, 0.3) is 0 Å². The number of nitrogens with zero attached hydrogens (tertiary/aromatic N) is 4. The molecule has 1 aliphatic rings. The van der Waals surface area contributed by atoms with Gasteiger partial charge in [-0.25, -0.2) is 9.59 Å². The Balaban J connectivity index is 1.07. The number of aromatic nitrogens is 4. The third kappa shape index (κ3) is 12.1. The van der Waals surface area contributed by atoms with Crippen LogP contribution in [0.1, 0.15) is 100 Å². The van der Waals surface area contributed by atoms with Crippen molar-refractivity contribution in [3.63, 3.8) is 0 Å². The molecule has 0 radical (unpaired) electrons. The molecule has 2 heterocycles. The van der Waals surface area contributed by atoms with Gasteiger partial charge in [-0.15, -0.1) is 20.4 Å². The van der Waals surface area contributed by atoms with Gasteiger partial charge in [-0.3, -0.25) is 20.2 Å². The van der Waals surface area contributed by atoms with Gasteiger partial charge in [-0.1, -0.05) is 53.4 Å². The number of benzene rings is 2. The van der Waals surface area contributed by atoms with Crippen molar-refractivity contribution >= 4 is 68.3 Å². The molecule has 0 unspecified atom stereocenters. The SMILES string of the molecule is CC(C)(C)OC(=O)Nc1ccc(CC(=O)Nc2nnc([C@H]3CCC[C@H](c4nnc(NC(=O)Cc5ccc(NC(=O)OC(C)(C)C)cc5)s4)C3)s2)cc1. The number of rotatable bonds is 10. The van der Waals surface area contributed by atoms with E-state index in [0.717, 1.165) is 46.8 Å². The second kappa shape index (κ2) is 16.6. The minimum atomic E-state index is -0.599. The number of ether oxygens (including phenoxy) is 2. The van der Waals surface area contributed by atoms with Gasteiger partial charge in [0.25, 0.3) is 0 Å². The predicted molar refractivity (Wildman–Crippen MR) is 201 cm³/mol. The van der Waals surface area contributed by atoms with E-state index < -0.39 is 23.4 Å². The molecule has 276 valence electrons. The minimum absolute atomic E-state index is 0.142. The summed E-state index contributed by atoms with van der Waals surface area (Å²) in [5, 5.41) is 30.9. The number of nitrogens with one attached hydrogen (secondary N) is 4. The van der Waals surface area contributed by atoms with E-state index in [2.05, 4.69) is 41.7 Å². The number of carbonyl (C=O) groups is 4. The summed E-state index contributed by atoms with van der Waals surface area (Å²) < 4.78 is 10.5. The summed E-state index contributed by atoms with van der Waals surface area (Å²) in [6.45, 7) is 10.8. The lowest BCUT2D eigenvalue weighted by atomic mass is 9.82. The van der Waals surface area contributed by atoms with E-state index in [1.807, 2.05) is 0 Å². The molecule has 52 heavy (non-hydrogen) atoms. The van der Waals surface area contributed by atoms with E-state index in [9.17, 15) is 19.2 Å². The number of anilines is 4. The van der Waals surface area contributed by atoms with Crippen molar-refractivity contribution < 1.29 is 28.7 Å². The van der Waals surface area contributed by atoms with Gasteiger partial charge in [0.05, 0.1) is 12.8 Å². The second-order valence-corrected chi connectivity index (χ2v) is 16.6. The van der Waals surface area contributed by atoms with Crippen LogP contribution in [0, 0.1) is 0 Å². The maximum Gasteiger partial charge on any atom is 0.412 e. The second-order valence-electron chi connectivity index (χ2n) is 14.5. The van der Waals surface area contributed by atoms with Crippen molar-refractivity contribution in [3.8, 4) is 0 Å². The van der Waals surface area contributed by atoms with Gasteiger partial charge >= 0.3 is 12.2 Å². The van der Waals surface area contributed by atoms with E-state index >= 15 is 0 Å². The zero-order valence-corrected chi connectivity index (χ0v) is 31.7. The maximum absolute atomic E-state index is 12.8. The average Bonchev–Trinajstić information content (AvgIpc) is 3.71. The maximum atomic E-state index is 12.8. The molecule has 4 amide bonds. The quantitative estimate of drug-likeness (QED) is 0.124. The summed E-state index contributed by atoms with van der Waals surface area (Å²) in [4.78, 5) is 49.5. The van der Waals surface area contributed by atoms with Crippen LogP contribution in [0.5, 0.6) is 0 Å². The van der Waals surface area contributed by atoms with Gasteiger partial charge in [0.2, 0.25) is 22.1 Å². The zero-order valence-electron chi connectivity index (χ0n) is 30.1. The van der Waals surface area contributed by atoms with Gasteiger partial charge < -0.3 is 20.1 Å². The van der Waals surface area contributed by atoms with Crippen LogP contribution in [-0.4, -0.2) is 55.6 Å². The summed E-state index contributed by atoms with van der Waals surface area (Å²) in [6, 6.07) is 14.0. The van der Waals surface area contributed by atoms with Crippen LogP contribution in [-0.2, 0) is 31.9 Å². The van der Waals surface area contributed by atoms with E-state index in [1.54, 1.807) is 90.1 Å². The van der Waals surface area contributed by atoms with Crippen molar-refractivity contribution in [2.24, 2.45) is 0 Å². The molecule has 1 aliphatic carbocycles. The van der Waals surface area contributed by atoms with Crippen LogP contribution in [0.15, 0.2) is 48.5 Å². The molecule has 5 rings (SSSR count). The topological polar surface area (TPSA) is 186 Å². The highest BCUT2D eigenvalue weighted by molar-refractivity contribution is 7.15. The molecule has 2 atom stereocenters. The standard InChI is InChI=1S/C36H44N8O6S2/c1-35(2,3)49-33(47)37-25-14-10-21(11-15-25)18-27(45)39-31-43-41-29(51-31)23-8-7-9-24(20-23)30-42-44-32(52-30)40-28(46)19-22-12-16-26(17-13-22)38-34(48)50-36(4,5)6/h10-17,23-24H,7-9,18-20H2,1-6H3,(H,37,47)(H,38,48)(H,39,43,45)(H,40,44,46)/t23-,24-/m0/s1. The fourth-order valence-electron chi connectivity index (χ4n) is 5.49. The Morgan fingerprint density at radius 1 is 0.615 bits per heavy atom. The summed E-state index contributed by atoms with van der Waals surface area (Å²) in [6.07, 6.45) is 2.91. The van der Waals surface area contributed by atoms with Crippen molar-refractivity contribution in [1.29, 1.82) is 0 Å². The molecule has 4 aromatic rings. The zero-order chi connectivity index (χ0) is 37.5. The average molecular weight is 749 g/mol. The lowest BCUT2D eigenvalue weighted by Gasteiger charge is -2.25. The van der Waals surface area contributed by atoms with E-state index in [4.69, 9.17) is 9.47 Å². The van der Waals surface area contributed by atoms with Gasteiger partial charge in [0.15, 0.2) is 0 Å². The number of amides is 4. The summed E-state index contributed by atoms with van der Waals surface area (Å²) in [7, 11) is 0. The number of hydrogen-bond acceptors (Lipinski definition) is 12. The lowest BCUT2D eigenvalue weighted by molar-refractivity contribution is -0.116. The third-order valence-electron chi connectivity index (χ3n) is 7.67. The van der Waals surface area contributed by atoms with Crippen molar-refractivity contribution in [1.82, 2.24) is 20.4 Å². The Kier molecular flexibility index (Phi) is 12.2. The molecule has 1 saturated carbocycles. The first-order valence-corrected chi connectivity index (χ1v) is 18.6. The van der Waals surface area contributed by atoms with E-state index in [-0.39, 0.29) is 36.5 Å². The van der Waals surface area contributed by atoms with E-state index in [0.29, 0.717) is 21.6 Å². The first kappa shape index (κ1) is 38.3. The highest BCUT2D eigenvalue weighted by atomic mass is 32.1. The van der Waals surface area contributed by atoms with Gasteiger partial charge in [0.1, 0.15) is 21.2 Å². The molecular weight excluding hydrogens is 705 g/mol. The largest absolute Gasteiger partial charge is 0.444 e. The lowest BCUT2D eigenvalue weighted by Crippen LogP contribution is -2.27. The normalized spacial score (nSPS) is 16.0. The summed E-state index contributed by atoms with van der Waals surface area (Å²) >= 11 is 2.75.